The molecule has 5 rings (SSSR count). The Labute approximate surface area is 462 Å². The first-order chi connectivity index (χ1) is 37.3. The van der Waals surface area contributed by atoms with Crippen LogP contribution in [0.25, 0.3) is 0 Å². The highest BCUT2D eigenvalue weighted by Crippen LogP contribution is 2.34. The SMILES string of the molecule is CC(C)(C)OC(=O)c1cc(C(=O)NCCCOCCOCCOCCCNC(=O)CCCCC2SCC3NC(=O)NC32)cc(C(=O)NCCCOCCOCCOCCCNC(=O)CCCCC2SCC3NC(=O)NC32)c1. The molecule has 8 N–H and O–H groups in total. The van der Waals surface area contributed by atoms with E-state index in [0.717, 1.165) is 50.0 Å². The Hall–Kier alpha value is -4.43. The first kappa shape index (κ1) is 63.4. The number of urea groups is 2. The van der Waals surface area contributed by atoms with E-state index in [9.17, 15) is 33.6 Å². The zero-order valence-corrected chi connectivity index (χ0v) is 47.1. The number of thioether (sulfide) groups is 2. The van der Waals surface area contributed by atoms with Crippen LogP contribution in [0.3, 0.4) is 0 Å². The molecule has 4 aliphatic rings. The molecule has 0 aromatic heterocycles. The summed E-state index contributed by atoms with van der Waals surface area (Å²) >= 11 is 3.78. The minimum atomic E-state index is -0.784. The van der Waals surface area contributed by atoms with Crippen LogP contribution in [0, 0.1) is 0 Å². The monoisotopic (exact) mass is 1120 g/mol. The Kier molecular flexibility index (Phi) is 29.6. The lowest BCUT2D eigenvalue weighted by Gasteiger charge is -2.20. The summed E-state index contributed by atoms with van der Waals surface area (Å²) < 4.78 is 39.2. The fraction of sp³-hybridized carbons (Fsp3) is 0.755. The molecule has 1 aromatic rings. The molecular formula is C53H86N8O14S2. The highest BCUT2D eigenvalue weighted by molar-refractivity contribution is 8.00. The van der Waals surface area contributed by atoms with E-state index in [2.05, 4.69) is 42.5 Å². The lowest BCUT2D eigenvalue weighted by atomic mass is 10.0. The maximum Gasteiger partial charge on any atom is 0.338 e. The van der Waals surface area contributed by atoms with Crippen molar-refractivity contribution in [3.8, 4) is 0 Å². The molecule has 24 heteroatoms. The van der Waals surface area contributed by atoms with E-state index in [0.29, 0.717) is 154 Å². The van der Waals surface area contributed by atoms with Crippen molar-refractivity contribution in [1.82, 2.24) is 42.5 Å². The molecule has 4 aliphatic heterocycles. The third-order valence-electron chi connectivity index (χ3n) is 12.8. The van der Waals surface area contributed by atoms with E-state index in [1.807, 2.05) is 23.5 Å². The van der Waals surface area contributed by atoms with Crippen molar-refractivity contribution in [2.75, 3.05) is 117 Å². The van der Waals surface area contributed by atoms with E-state index < -0.39 is 23.4 Å². The smallest absolute Gasteiger partial charge is 0.338 e. The third kappa shape index (κ3) is 25.5. The van der Waals surface area contributed by atoms with Crippen LogP contribution in [-0.2, 0) is 42.7 Å². The number of hydrogen-bond acceptors (Lipinski definition) is 16. The number of unbranched alkanes of at least 4 members (excludes halogenated alkanes) is 2. The number of fused-ring (bicyclic) bond motifs is 2. The van der Waals surface area contributed by atoms with Gasteiger partial charge in [0, 0.05) is 98.6 Å². The molecule has 6 unspecified atom stereocenters. The van der Waals surface area contributed by atoms with Crippen LogP contribution in [0.1, 0.15) is 129 Å². The molecule has 4 fully saturated rings. The number of amides is 8. The van der Waals surface area contributed by atoms with Gasteiger partial charge in [0.25, 0.3) is 11.8 Å². The van der Waals surface area contributed by atoms with Gasteiger partial charge in [0.1, 0.15) is 5.60 Å². The van der Waals surface area contributed by atoms with Crippen molar-refractivity contribution in [2.45, 2.75) is 138 Å². The normalized spacial score (nSPS) is 20.4. The fourth-order valence-corrected chi connectivity index (χ4v) is 12.0. The largest absolute Gasteiger partial charge is 0.456 e. The van der Waals surface area contributed by atoms with Crippen LogP contribution in [-0.4, -0.2) is 199 Å². The van der Waals surface area contributed by atoms with Crippen LogP contribution in [0.15, 0.2) is 18.2 Å². The first-order valence-electron chi connectivity index (χ1n) is 27.6. The number of benzene rings is 1. The maximum absolute atomic E-state index is 13.2. The fourth-order valence-electron chi connectivity index (χ4n) is 8.91. The first-order valence-corrected chi connectivity index (χ1v) is 29.7. The summed E-state index contributed by atoms with van der Waals surface area (Å²) in [5.74, 6) is 0.424. The number of ether oxygens (including phenoxy) is 7. The number of carbonyl (C=O) groups excluding carboxylic acids is 7. The van der Waals surface area contributed by atoms with E-state index in [-0.39, 0.29) is 64.7 Å². The summed E-state index contributed by atoms with van der Waals surface area (Å²) in [7, 11) is 0. The van der Waals surface area contributed by atoms with Gasteiger partial charge in [0.2, 0.25) is 11.8 Å². The van der Waals surface area contributed by atoms with Crippen molar-refractivity contribution in [3.63, 3.8) is 0 Å². The Balaban J connectivity index is 0.804. The van der Waals surface area contributed by atoms with Gasteiger partial charge >= 0.3 is 18.0 Å². The Bertz CT molecular complexity index is 1880. The molecule has 0 spiro atoms. The van der Waals surface area contributed by atoms with Crippen molar-refractivity contribution in [3.05, 3.63) is 34.9 Å². The molecule has 4 heterocycles. The van der Waals surface area contributed by atoms with E-state index >= 15 is 0 Å². The number of esters is 1. The van der Waals surface area contributed by atoms with E-state index in [1.165, 1.54) is 18.2 Å². The van der Waals surface area contributed by atoms with Gasteiger partial charge in [-0.15, -0.1) is 0 Å². The summed E-state index contributed by atoms with van der Waals surface area (Å²) in [4.78, 5) is 86.9. The highest BCUT2D eigenvalue weighted by Gasteiger charge is 2.43. The molecule has 22 nitrogen and oxygen atoms in total. The number of hydrogen-bond donors (Lipinski definition) is 8. The number of rotatable bonds is 41. The van der Waals surface area contributed by atoms with Gasteiger partial charge < -0.3 is 75.7 Å². The van der Waals surface area contributed by atoms with Crippen molar-refractivity contribution in [2.24, 2.45) is 0 Å². The molecule has 434 valence electrons. The minimum absolute atomic E-state index is 0.0449. The van der Waals surface area contributed by atoms with Crippen LogP contribution < -0.4 is 42.5 Å². The summed E-state index contributed by atoms with van der Waals surface area (Å²) in [5, 5.41) is 24.3. The molecule has 0 saturated carbocycles. The van der Waals surface area contributed by atoms with Crippen molar-refractivity contribution in [1.29, 1.82) is 0 Å². The molecular weight excluding hydrogens is 1040 g/mol. The van der Waals surface area contributed by atoms with Crippen LogP contribution in [0.5, 0.6) is 0 Å². The van der Waals surface area contributed by atoms with Gasteiger partial charge in [-0.25, -0.2) is 14.4 Å². The lowest BCUT2D eigenvalue weighted by molar-refractivity contribution is -0.122. The Morgan fingerprint density at radius 3 is 1.21 bits per heavy atom. The van der Waals surface area contributed by atoms with E-state index in [4.69, 9.17) is 33.2 Å². The molecule has 1 aromatic carbocycles. The average molecular weight is 1120 g/mol. The molecule has 8 amide bonds. The molecule has 6 atom stereocenters. The maximum atomic E-state index is 13.2. The van der Waals surface area contributed by atoms with Gasteiger partial charge in [-0.2, -0.15) is 23.5 Å². The number of nitrogens with one attached hydrogen (secondary N) is 8. The average Bonchev–Trinajstić information content (AvgIpc) is 4.18. The van der Waals surface area contributed by atoms with Gasteiger partial charge in [-0.3, -0.25) is 19.2 Å². The third-order valence-corrected chi connectivity index (χ3v) is 15.8. The van der Waals surface area contributed by atoms with Crippen LogP contribution in [0.2, 0.25) is 0 Å². The van der Waals surface area contributed by atoms with Gasteiger partial charge in [0.05, 0.1) is 82.6 Å². The second kappa shape index (κ2) is 36.0. The van der Waals surface area contributed by atoms with Crippen LogP contribution >= 0.6 is 23.5 Å². The highest BCUT2D eigenvalue weighted by atomic mass is 32.2. The second-order valence-electron chi connectivity index (χ2n) is 20.3. The summed E-state index contributed by atoms with van der Waals surface area (Å²) in [6.45, 7) is 12.0. The Morgan fingerprint density at radius 2 is 0.831 bits per heavy atom. The van der Waals surface area contributed by atoms with Crippen molar-refractivity contribution >= 4 is 65.2 Å². The summed E-state index contributed by atoms with van der Waals surface area (Å²) in [6.07, 6.45) is 9.01. The standard InChI is InChI=1S/C53H86N8O14S2/c1-53(2,3)75-50(66)39-33-37(48(64)56-18-10-22-71-26-30-73-28-24-69-20-8-16-54-44(62)14-6-4-12-42-46-40(35-76-42)58-51(67)60-46)32-38(34-39)49(65)57-19-11-23-72-27-31-74-29-25-70-21-9-17-55-45(63)15-7-5-13-43-47-41(36-77-43)59-52(68)61-47/h32-34,40-43,46-47H,4-31,35-36H2,1-3H3,(H,54,62)(H,55,63)(H,56,64)(H,57,65)(H2,58,60,67)(H2,59,61,68). The van der Waals surface area contributed by atoms with Gasteiger partial charge in [-0.1, -0.05) is 12.8 Å². The summed E-state index contributed by atoms with van der Waals surface area (Å²) in [5.41, 5.74) is -0.410. The summed E-state index contributed by atoms with van der Waals surface area (Å²) in [6, 6.07) is 4.97. The van der Waals surface area contributed by atoms with Gasteiger partial charge in [-0.05, 0) is 90.3 Å². The molecule has 4 saturated heterocycles. The molecule has 0 radical (unpaired) electrons. The predicted molar refractivity (Wildman–Crippen MR) is 294 cm³/mol. The topological polar surface area (TPSA) is 280 Å². The Morgan fingerprint density at radius 1 is 0.481 bits per heavy atom. The number of carbonyl (C=O) groups is 7. The lowest BCUT2D eigenvalue weighted by Crippen LogP contribution is -2.36. The predicted octanol–water partition coefficient (Wildman–Crippen LogP) is 3.45. The molecule has 0 aliphatic carbocycles. The quantitative estimate of drug-likeness (QED) is 0.0265. The molecule has 77 heavy (non-hydrogen) atoms. The minimum Gasteiger partial charge on any atom is -0.456 e. The zero-order chi connectivity index (χ0) is 55.1. The van der Waals surface area contributed by atoms with E-state index in [1.54, 1.807) is 20.8 Å². The zero-order valence-electron chi connectivity index (χ0n) is 45.4. The van der Waals surface area contributed by atoms with Gasteiger partial charge in [0.15, 0.2) is 0 Å². The second-order valence-corrected chi connectivity index (χ2v) is 22.9. The van der Waals surface area contributed by atoms with Crippen molar-refractivity contribution < 1.29 is 66.7 Å². The van der Waals surface area contributed by atoms with Crippen LogP contribution in [0.4, 0.5) is 9.59 Å². The molecule has 0 bridgehead atoms.